The van der Waals surface area contributed by atoms with Gasteiger partial charge in [-0.25, -0.2) is 4.79 Å². The van der Waals surface area contributed by atoms with Crippen LogP contribution in [-0.2, 0) is 16.0 Å². The maximum atomic E-state index is 12.1. The van der Waals surface area contributed by atoms with Crippen LogP contribution in [0.5, 0.6) is 0 Å². The summed E-state index contributed by atoms with van der Waals surface area (Å²) in [5.74, 6) is -0.799. The quantitative estimate of drug-likeness (QED) is 0.853. The lowest BCUT2D eigenvalue weighted by Gasteiger charge is -2.12. The molecular formula is C17H19NO3S. The van der Waals surface area contributed by atoms with Crippen molar-refractivity contribution < 1.29 is 14.3 Å². The van der Waals surface area contributed by atoms with E-state index >= 15 is 0 Å². The van der Waals surface area contributed by atoms with Gasteiger partial charge in [-0.15, -0.1) is 11.3 Å². The van der Waals surface area contributed by atoms with Gasteiger partial charge in [-0.1, -0.05) is 25.1 Å². The van der Waals surface area contributed by atoms with E-state index in [2.05, 4.69) is 5.32 Å². The van der Waals surface area contributed by atoms with E-state index in [1.54, 1.807) is 19.1 Å². The summed E-state index contributed by atoms with van der Waals surface area (Å²) >= 11 is 1.42. The smallest absolute Gasteiger partial charge is 0.349 e. The zero-order chi connectivity index (χ0) is 16.1. The van der Waals surface area contributed by atoms with Crippen LogP contribution >= 0.6 is 11.3 Å². The third-order valence-corrected chi connectivity index (χ3v) is 4.60. The number of amides is 1. The third kappa shape index (κ3) is 3.95. The summed E-state index contributed by atoms with van der Waals surface area (Å²) in [5.41, 5.74) is 1.76. The van der Waals surface area contributed by atoms with E-state index in [9.17, 15) is 9.59 Å². The van der Waals surface area contributed by atoms with Crippen LogP contribution in [0.1, 0.15) is 34.0 Å². The zero-order valence-electron chi connectivity index (χ0n) is 12.9. The molecule has 0 aliphatic carbocycles. The van der Waals surface area contributed by atoms with Gasteiger partial charge in [-0.05, 0) is 44.0 Å². The Kier molecular flexibility index (Phi) is 5.33. The Morgan fingerprint density at radius 1 is 1.27 bits per heavy atom. The van der Waals surface area contributed by atoms with Crippen molar-refractivity contribution in [2.24, 2.45) is 0 Å². The monoisotopic (exact) mass is 317 g/mol. The lowest BCUT2D eigenvalue weighted by atomic mass is 10.2. The van der Waals surface area contributed by atoms with Gasteiger partial charge in [0.2, 0.25) is 0 Å². The summed E-state index contributed by atoms with van der Waals surface area (Å²) in [7, 11) is 0. The normalized spacial score (nSPS) is 11.8. The highest BCUT2D eigenvalue weighted by molar-refractivity contribution is 7.14. The van der Waals surface area contributed by atoms with Crippen molar-refractivity contribution in [2.75, 3.05) is 5.32 Å². The van der Waals surface area contributed by atoms with Crippen LogP contribution in [-0.4, -0.2) is 18.0 Å². The van der Waals surface area contributed by atoms with Gasteiger partial charge < -0.3 is 10.1 Å². The molecule has 1 atom stereocenters. The topological polar surface area (TPSA) is 55.4 Å². The molecule has 1 aromatic heterocycles. The van der Waals surface area contributed by atoms with E-state index in [0.29, 0.717) is 10.6 Å². The molecule has 0 saturated heterocycles. The predicted octanol–water partition coefficient (Wildman–Crippen LogP) is 3.80. The van der Waals surface area contributed by atoms with Crippen molar-refractivity contribution in [3.63, 3.8) is 0 Å². The number of hydrogen-bond acceptors (Lipinski definition) is 4. The number of para-hydroxylation sites is 1. The molecule has 1 aromatic carbocycles. The fourth-order valence-electron chi connectivity index (χ4n) is 2.01. The van der Waals surface area contributed by atoms with Crippen LogP contribution in [0, 0.1) is 6.92 Å². The number of aryl methyl sites for hydroxylation is 2. The number of carbonyl (C=O) groups is 2. The molecule has 22 heavy (non-hydrogen) atoms. The van der Waals surface area contributed by atoms with Gasteiger partial charge in [0, 0.05) is 10.6 Å². The van der Waals surface area contributed by atoms with Crippen LogP contribution in [0.15, 0.2) is 36.4 Å². The minimum Gasteiger partial charge on any atom is -0.448 e. The first-order chi connectivity index (χ1) is 10.5. The molecule has 5 heteroatoms. The molecule has 1 amide bonds. The highest BCUT2D eigenvalue weighted by atomic mass is 32.1. The highest BCUT2D eigenvalue weighted by Crippen LogP contribution is 2.23. The van der Waals surface area contributed by atoms with E-state index < -0.39 is 12.1 Å². The zero-order valence-corrected chi connectivity index (χ0v) is 13.7. The number of thiophene rings is 1. The molecule has 4 nitrogen and oxygen atoms in total. The van der Waals surface area contributed by atoms with Crippen molar-refractivity contribution >= 4 is 28.9 Å². The molecular weight excluding hydrogens is 298 g/mol. The summed E-state index contributed by atoms with van der Waals surface area (Å²) < 4.78 is 5.24. The van der Waals surface area contributed by atoms with Crippen LogP contribution < -0.4 is 5.32 Å². The standard InChI is InChI=1S/C17H19NO3S/c1-4-14-11(2)10-15(22-14)17(20)21-12(3)16(19)18-13-8-6-5-7-9-13/h5-10,12H,4H2,1-3H3,(H,18,19)/t12-/m0/s1. The first kappa shape index (κ1) is 16.2. The minimum absolute atomic E-state index is 0.344. The molecule has 0 aliphatic rings. The molecule has 0 fully saturated rings. The van der Waals surface area contributed by atoms with E-state index in [1.807, 2.05) is 38.1 Å². The number of hydrogen-bond donors (Lipinski definition) is 1. The molecule has 0 unspecified atom stereocenters. The maximum absolute atomic E-state index is 12.1. The SMILES string of the molecule is CCc1sc(C(=O)O[C@@H](C)C(=O)Nc2ccccc2)cc1C. The van der Waals surface area contributed by atoms with Gasteiger partial charge in [-0.3, -0.25) is 4.79 Å². The van der Waals surface area contributed by atoms with Gasteiger partial charge >= 0.3 is 5.97 Å². The second kappa shape index (κ2) is 7.22. The van der Waals surface area contributed by atoms with Gasteiger partial charge in [-0.2, -0.15) is 0 Å². The van der Waals surface area contributed by atoms with Gasteiger partial charge in [0.05, 0.1) is 0 Å². The number of anilines is 1. The van der Waals surface area contributed by atoms with Gasteiger partial charge in [0.25, 0.3) is 5.91 Å². The summed E-state index contributed by atoms with van der Waals surface area (Å²) in [5, 5.41) is 2.71. The van der Waals surface area contributed by atoms with Crippen LogP contribution in [0.3, 0.4) is 0 Å². The average Bonchev–Trinajstić information content (AvgIpc) is 2.89. The Morgan fingerprint density at radius 2 is 1.95 bits per heavy atom. The molecule has 2 rings (SSSR count). The minimum atomic E-state index is -0.847. The van der Waals surface area contributed by atoms with Crippen molar-refractivity contribution in [1.82, 2.24) is 0 Å². The van der Waals surface area contributed by atoms with E-state index in [0.717, 1.165) is 16.9 Å². The van der Waals surface area contributed by atoms with E-state index in [-0.39, 0.29) is 5.91 Å². The number of ether oxygens (including phenoxy) is 1. The Balaban J connectivity index is 1.97. The maximum Gasteiger partial charge on any atom is 0.349 e. The number of nitrogens with one attached hydrogen (secondary N) is 1. The fourth-order valence-corrected chi connectivity index (χ4v) is 3.01. The van der Waals surface area contributed by atoms with Gasteiger partial charge in [0.15, 0.2) is 6.10 Å². The third-order valence-electron chi connectivity index (χ3n) is 3.24. The molecule has 1 heterocycles. The number of rotatable bonds is 5. The molecule has 2 aromatic rings. The molecule has 1 N–H and O–H groups in total. The Hall–Kier alpha value is -2.14. The molecule has 0 bridgehead atoms. The van der Waals surface area contributed by atoms with Crippen molar-refractivity contribution in [1.29, 1.82) is 0 Å². The molecule has 0 aliphatic heterocycles. The lowest BCUT2D eigenvalue weighted by molar-refractivity contribution is -0.123. The van der Waals surface area contributed by atoms with Crippen molar-refractivity contribution in [3.8, 4) is 0 Å². The summed E-state index contributed by atoms with van der Waals surface area (Å²) in [6, 6.07) is 10.9. The van der Waals surface area contributed by atoms with Crippen LogP contribution in [0.2, 0.25) is 0 Å². The molecule has 0 radical (unpaired) electrons. The number of esters is 1. The predicted molar refractivity (Wildman–Crippen MR) is 88.4 cm³/mol. The number of carbonyl (C=O) groups excluding carboxylic acids is 2. The van der Waals surface area contributed by atoms with Crippen molar-refractivity contribution in [3.05, 3.63) is 51.7 Å². The summed E-state index contributed by atoms with van der Waals surface area (Å²) in [6.45, 7) is 5.58. The Bertz CT molecular complexity index is 664. The van der Waals surface area contributed by atoms with E-state index in [4.69, 9.17) is 4.74 Å². The second-order valence-corrected chi connectivity index (χ2v) is 6.11. The first-order valence-electron chi connectivity index (χ1n) is 7.17. The molecule has 116 valence electrons. The van der Waals surface area contributed by atoms with E-state index in [1.165, 1.54) is 11.3 Å². The highest BCUT2D eigenvalue weighted by Gasteiger charge is 2.20. The first-order valence-corrected chi connectivity index (χ1v) is 7.99. The summed E-state index contributed by atoms with van der Waals surface area (Å²) in [4.78, 5) is 25.8. The molecule has 0 spiro atoms. The Labute approximate surface area is 134 Å². The average molecular weight is 317 g/mol. The van der Waals surface area contributed by atoms with Gasteiger partial charge in [0.1, 0.15) is 4.88 Å². The molecule has 0 saturated carbocycles. The number of benzene rings is 1. The summed E-state index contributed by atoms with van der Waals surface area (Å²) in [6.07, 6.45) is 0.0357. The fraction of sp³-hybridized carbons (Fsp3) is 0.294. The van der Waals surface area contributed by atoms with Crippen LogP contribution in [0.25, 0.3) is 0 Å². The van der Waals surface area contributed by atoms with Crippen molar-refractivity contribution in [2.45, 2.75) is 33.3 Å². The Morgan fingerprint density at radius 3 is 2.55 bits per heavy atom. The lowest BCUT2D eigenvalue weighted by Crippen LogP contribution is -2.29. The second-order valence-electron chi connectivity index (χ2n) is 4.97. The van der Waals surface area contributed by atoms with Crippen LogP contribution in [0.4, 0.5) is 5.69 Å². The largest absolute Gasteiger partial charge is 0.448 e.